The maximum absolute atomic E-state index is 10.1. The van der Waals surface area contributed by atoms with Gasteiger partial charge in [-0.3, -0.25) is 10.1 Å². The summed E-state index contributed by atoms with van der Waals surface area (Å²) >= 11 is 0. The highest BCUT2D eigenvalue weighted by atomic mass is 16.6. The molecule has 0 saturated heterocycles. The monoisotopic (exact) mass is 260 g/mol. The molecule has 0 bridgehead atoms. The van der Waals surface area contributed by atoms with E-state index < -0.39 is 4.92 Å². The second-order valence-electron chi connectivity index (χ2n) is 3.53. The first-order valence-corrected chi connectivity index (χ1v) is 5.22. The zero-order valence-electron chi connectivity index (χ0n) is 9.89. The second-order valence-corrected chi connectivity index (χ2v) is 3.53. The SMILES string of the molecule is Nc1ccc(N=O)cc1.Nc1ccc([N+](=O)[O-])cc1. The number of nitrogens with zero attached hydrogens (tertiary/aromatic N) is 2. The standard InChI is InChI=1S/C6H6N2O2.C6H6N2O/c7-5-1-3-6(4-2-5)8(9)10;7-5-1-3-6(8-9)4-2-5/h1-4H,7H2;1-4H,7H2. The van der Waals surface area contributed by atoms with Crippen molar-refractivity contribution in [2.45, 2.75) is 0 Å². The molecule has 0 heterocycles. The Hall–Kier alpha value is -2.96. The van der Waals surface area contributed by atoms with E-state index in [9.17, 15) is 15.0 Å². The molecule has 7 heteroatoms. The summed E-state index contributed by atoms with van der Waals surface area (Å²) in [5.41, 5.74) is 12.3. The summed E-state index contributed by atoms with van der Waals surface area (Å²) in [5, 5.41) is 12.8. The number of non-ortho nitro benzene ring substituents is 1. The zero-order chi connectivity index (χ0) is 14.3. The second kappa shape index (κ2) is 6.70. The van der Waals surface area contributed by atoms with Crippen LogP contribution in [-0.2, 0) is 0 Å². The molecule has 2 aromatic rings. The minimum absolute atomic E-state index is 0.0641. The molecule has 2 aromatic carbocycles. The van der Waals surface area contributed by atoms with Gasteiger partial charge in [0.25, 0.3) is 5.69 Å². The summed E-state index contributed by atoms with van der Waals surface area (Å²) < 4.78 is 0. The molecule has 0 radical (unpaired) electrons. The number of nitrogens with two attached hydrogens (primary N) is 2. The number of hydrogen-bond acceptors (Lipinski definition) is 6. The van der Waals surface area contributed by atoms with Gasteiger partial charge < -0.3 is 11.5 Å². The highest BCUT2D eigenvalue weighted by molar-refractivity contribution is 5.47. The van der Waals surface area contributed by atoms with Crippen molar-refractivity contribution in [2.75, 3.05) is 11.5 Å². The number of nitro groups is 1. The van der Waals surface area contributed by atoms with Crippen LogP contribution in [0, 0.1) is 15.0 Å². The van der Waals surface area contributed by atoms with Gasteiger partial charge in [0.1, 0.15) is 5.69 Å². The number of rotatable bonds is 2. The highest BCUT2D eigenvalue weighted by Crippen LogP contribution is 2.12. The average molecular weight is 260 g/mol. The molecule has 0 aliphatic rings. The molecule has 7 nitrogen and oxygen atoms in total. The number of nitrogen functional groups attached to an aromatic ring is 2. The van der Waals surface area contributed by atoms with E-state index in [0.29, 0.717) is 17.1 Å². The lowest BCUT2D eigenvalue weighted by atomic mass is 10.3. The van der Waals surface area contributed by atoms with Crippen LogP contribution in [0.25, 0.3) is 0 Å². The van der Waals surface area contributed by atoms with Gasteiger partial charge in [-0.1, -0.05) is 0 Å². The summed E-state index contributed by atoms with van der Waals surface area (Å²) in [5.74, 6) is 0. The number of anilines is 2. The fraction of sp³-hybridized carbons (Fsp3) is 0. The lowest BCUT2D eigenvalue weighted by molar-refractivity contribution is -0.384. The molecule has 0 aliphatic carbocycles. The number of nitroso groups, excluding NO2 is 1. The zero-order valence-corrected chi connectivity index (χ0v) is 9.89. The predicted molar refractivity (Wildman–Crippen MR) is 73.8 cm³/mol. The third-order valence-electron chi connectivity index (χ3n) is 2.10. The fourth-order valence-corrected chi connectivity index (χ4v) is 1.13. The van der Waals surface area contributed by atoms with E-state index in [1.54, 1.807) is 24.3 Å². The molecule has 0 spiro atoms. The molecule has 98 valence electrons. The number of hydrogen-bond donors (Lipinski definition) is 2. The van der Waals surface area contributed by atoms with Gasteiger partial charge in [0.15, 0.2) is 0 Å². The van der Waals surface area contributed by atoms with Gasteiger partial charge in [0.05, 0.1) is 4.92 Å². The van der Waals surface area contributed by atoms with Crippen molar-refractivity contribution in [3.8, 4) is 0 Å². The van der Waals surface area contributed by atoms with Crippen LogP contribution in [0.2, 0.25) is 0 Å². The van der Waals surface area contributed by atoms with E-state index in [1.807, 2.05) is 0 Å². The molecular weight excluding hydrogens is 248 g/mol. The first-order chi connectivity index (χ1) is 9.02. The minimum Gasteiger partial charge on any atom is -0.399 e. The predicted octanol–water partition coefficient (Wildman–Crippen LogP) is 2.84. The quantitative estimate of drug-likeness (QED) is 0.371. The molecule has 0 saturated carbocycles. The van der Waals surface area contributed by atoms with Gasteiger partial charge in [-0.15, -0.1) is 4.91 Å². The Bertz CT molecular complexity index is 552. The first-order valence-electron chi connectivity index (χ1n) is 5.22. The molecular formula is C12H12N4O3. The Morgan fingerprint density at radius 3 is 1.68 bits per heavy atom. The van der Waals surface area contributed by atoms with E-state index in [1.165, 1.54) is 24.3 Å². The Morgan fingerprint density at radius 1 is 0.895 bits per heavy atom. The van der Waals surface area contributed by atoms with Crippen LogP contribution in [0.1, 0.15) is 0 Å². The smallest absolute Gasteiger partial charge is 0.269 e. The van der Waals surface area contributed by atoms with Gasteiger partial charge in [-0.2, -0.15) is 0 Å². The van der Waals surface area contributed by atoms with E-state index in [4.69, 9.17) is 11.5 Å². The lowest BCUT2D eigenvalue weighted by Gasteiger charge is -1.90. The Balaban J connectivity index is 0.000000191. The van der Waals surface area contributed by atoms with Crippen molar-refractivity contribution in [1.82, 2.24) is 0 Å². The van der Waals surface area contributed by atoms with E-state index >= 15 is 0 Å². The molecule has 19 heavy (non-hydrogen) atoms. The van der Waals surface area contributed by atoms with Crippen molar-refractivity contribution in [3.63, 3.8) is 0 Å². The topological polar surface area (TPSA) is 125 Å². The van der Waals surface area contributed by atoms with Crippen LogP contribution < -0.4 is 11.5 Å². The average Bonchev–Trinajstić information content (AvgIpc) is 2.41. The van der Waals surface area contributed by atoms with E-state index in [-0.39, 0.29) is 5.69 Å². The summed E-state index contributed by atoms with van der Waals surface area (Å²) in [4.78, 5) is 19.4. The van der Waals surface area contributed by atoms with Crippen LogP contribution in [0.5, 0.6) is 0 Å². The van der Waals surface area contributed by atoms with Crippen molar-refractivity contribution < 1.29 is 4.92 Å². The van der Waals surface area contributed by atoms with Crippen molar-refractivity contribution in [1.29, 1.82) is 0 Å². The van der Waals surface area contributed by atoms with Crippen LogP contribution in [0.15, 0.2) is 53.7 Å². The molecule has 0 amide bonds. The highest BCUT2D eigenvalue weighted by Gasteiger charge is 2.00. The molecule has 0 fully saturated rings. The molecule has 0 aliphatic heterocycles. The first kappa shape index (κ1) is 14.1. The molecule has 0 atom stereocenters. The Kier molecular flexibility index (Phi) is 4.97. The molecule has 4 N–H and O–H groups in total. The van der Waals surface area contributed by atoms with E-state index in [2.05, 4.69) is 5.18 Å². The maximum Gasteiger partial charge on any atom is 0.269 e. The third kappa shape index (κ3) is 4.82. The summed E-state index contributed by atoms with van der Waals surface area (Å²) in [6.07, 6.45) is 0. The molecule has 0 unspecified atom stereocenters. The fourth-order valence-electron chi connectivity index (χ4n) is 1.13. The van der Waals surface area contributed by atoms with Crippen molar-refractivity contribution in [2.24, 2.45) is 5.18 Å². The molecule has 2 rings (SSSR count). The lowest BCUT2D eigenvalue weighted by Crippen LogP contribution is -1.88. The van der Waals surface area contributed by atoms with Gasteiger partial charge >= 0.3 is 0 Å². The van der Waals surface area contributed by atoms with Crippen molar-refractivity contribution in [3.05, 3.63) is 63.6 Å². The van der Waals surface area contributed by atoms with Gasteiger partial charge in [-0.05, 0) is 41.6 Å². The Labute approximate surface area is 109 Å². The van der Waals surface area contributed by atoms with Crippen LogP contribution >= 0.6 is 0 Å². The molecule has 0 aromatic heterocycles. The summed E-state index contributed by atoms with van der Waals surface area (Å²) in [7, 11) is 0. The largest absolute Gasteiger partial charge is 0.399 e. The third-order valence-corrected chi connectivity index (χ3v) is 2.10. The van der Waals surface area contributed by atoms with Crippen LogP contribution in [0.3, 0.4) is 0 Å². The van der Waals surface area contributed by atoms with Gasteiger partial charge in [0.2, 0.25) is 0 Å². The van der Waals surface area contributed by atoms with Crippen LogP contribution in [-0.4, -0.2) is 4.92 Å². The summed E-state index contributed by atoms with van der Waals surface area (Å²) in [6, 6.07) is 12.2. The summed E-state index contributed by atoms with van der Waals surface area (Å²) in [6.45, 7) is 0. The number of nitro benzene ring substituents is 1. The maximum atomic E-state index is 10.1. The van der Waals surface area contributed by atoms with Crippen molar-refractivity contribution >= 4 is 22.7 Å². The van der Waals surface area contributed by atoms with Crippen LogP contribution in [0.4, 0.5) is 22.7 Å². The normalized spacial score (nSPS) is 9.05. The minimum atomic E-state index is -0.459. The van der Waals surface area contributed by atoms with E-state index in [0.717, 1.165) is 0 Å². The Morgan fingerprint density at radius 2 is 1.32 bits per heavy atom. The number of benzene rings is 2. The van der Waals surface area contributed by atoms with Gasteiger partial charge in [0, 0.05) is 23.5 Å². The van der Waals surface area contributed by atoms with Gasteiger partial charge in [-0.25, -0.2) is 0 Å².